The average Bonchev–Trinajstić information content (AvgIpc) is 4.02. The number of carbonyl (C=O) groups is 2. The zero-order valence-electron chi connectivity index (χ0n) is 39.9. The fourth-order valence-electron chi connectivity index (χ4n) is 13.2. The minimum Gasteiger partial charge on any atom is -0.481 e. The fraction of sp³-hybridized carbons (Fsp3) is 0.714. The molecule has 364 valence electrons. The van der Waals surface area contributed by atoms with Gasteiger partial charge in [0, 0.05) is 18.1 Å². The number of esters is 1. The van der Waals surface area contributed by atoms with Crippen molar-refractivity contribution in [1.29, 1.82) is 0 Å². The van der Waals surface area contributed by atoms with Crippen LogP contribution in [0, 0.1) is 63.4 Å². The number of halogens is 2. The standard InChI is InChI=1S/C49H71F2N6O8P/c1-8-62-66(61,65-49(27-56-31-52-29-54-56,28-57-32-53-30-55-57)42-15-13-37(50)26-43(42)51)63-23-20-36-25-38(64-45(60)17-16-44(58)59)24-35-12-14-39-40-18-21-46(5,34(4)11-9-10-33(2)3)47(40,6)22-19-41(39)48(35,36)7/h12-13,15,26,29-34,36,38-41H,8-11,14,16-25,27-28H2,1-7H3,(H,58,59)/t34-,36?,38-,39-,40+,41+,46-,47+,48-,66?/m1/s1. The van der Waals surface area contributed by atoms with Gasteiger partial charge in [-0.05, 0) is 110 Å². The quantitative estimate of drug-likeness (QED) is 0.0575. The highest BCUT2D eigenvalue weighted by Gasteiger charge is 2.64. The lowest BCUT2D eigenvalue weighted by Gasteiger charge is -2.62. The summed E-state index contributed by atoms with van der Waals surface area (Å²) < 4.78 is 73.1. The average molecular weight is 941 g/mol. The van der Waals surface area contributed by atoms with Crippen molar-refractivity contribution in [1.82, 2.24) is 29.5 Å². The molecule has 66 heavy (non-hydrogen) atoms. The lowest BCUT2D eigenvalue weighted by molar-refractivity contribution is -0.156. The summed E-state index contributed by atoms with van der Waals surface area (Å²) in [5, 5.41) is 17.7. The van der Waals surface area contributed by atoms with Gasteiger partial charge in [-0.3, -0.25) is 23.2 Å². The maximum absolute atomic E-state index is 16.0. The number of carboxylic acid groups (broad SMARTS) is 1. The van der Waals surface area contributed by atoms with Crippen LogP contribution in [0.5, 0.6) is 0 Å². The molecule has 4 aliphatic carbocycles. The number of ether oxygens (including phenoxy) is 1. The van der Waals surface area contributed by atoms with Crippen molar-refractivity contribution >= 4 is 19.8 Å². The van der Waals surface area contributed by atoms with E-state index >= 15 is 8.96 Å². The Hall–Kier alpha value is -3.85. The molecule has 0 radical (unpaired) electrons. The summed E-state index contributed by atoms with van der Waals surface area (Å²) in [5.41, 5.74) is -0.618. The van der Waals surface area contributed by atoms with Crippen LogP contribution in [-0.4, -0.2) is 65.9 Å². The normalized spacial score (nSPS) is 29.9. The van der Waals surface area contributed by atoms with E-state index in [1.54, 1.807) is 6.92 Å². The number of hydrogen-bond donors (Lipinski definition) is 1. The van der Waals surface area contributed by atoms with Gasteiger partial charge in [0.15, 0.2) is 0 Å². The molecule has 3 fully saturated rings. The van der Waals surface area contributed by atoms with Crippen molar-refractivity contribution in [2.75, 3.05) is 13.2 Å². The number of phosphoric acid groups is 1. The van der Waals surface area contributed by atoms with Crippen LogP contribution in [0.25, 0.3) is 0 Å². The van der Waals surface area contributed by atoms with Crippen LogP contribution in [0.3, 0.4) is 0 Å². The molecule has 0 bridgehead atoms. The number of nitrogens with zero attached hydrogens (tertiary/aromatic N) is 6. The Balaban J connectivity index is 1.18. The van der Waals surface area contributed by atoms with E-state index in [0.29, 0.717) is 48.9 Å². The zero-order chi connectivity index (χ0) is 47.5. The second-order valence-corrected chi connectivity index (χ2v) is 22.4. The van der Waals surface area contributed by atoms with E-state index in [1.807, 2.05) is 0 Å². The maximum atomic E-state index is 16.0. The second kappa shape index (κ2) is 20.4. The molecule has 2 heterocycles. The van der Waals surface area contributed by atoms with Crippen molar-refractivity contribution < 1.29 is 46.3 Å². The second-order valence-electron chi connectivity index (χ2n) is 20.8. The van der Waals surface area contributed by atoms with E-state index < -0.39 is 43.1 Å². The van der Waals surface area contributed by atoms with Crippen LogP contribution < -0.4 is 0 Å². The van der Waals surface area contributed by atoms with E-state index in [-0.39, 0.29) is 66.9 Å². The predicted octanol–water partition coefficient (Wildman–Crippen LogP) is 10.7. The molecule has 4 aliphatic rings. The highest BCUT2D eigenvalue weighted by atomic mass is 31.2. The van der Waals surface area contributed by atoms with Crippen LogP contribution in [0.2, 0.25) is 0 Å². The van der Waals surface area contributed by atoms with E-state index in [9.17, 15) is 19.1 Å². The van der Waals surface area contributed by atoms with Gasteiger partial charge in [0.2, 0.25) is 0 Å². The van der Waals surface area contributed by atoms with Gasteiger partial charge < -0.3 is 9.84 Å². The molecule has 7 rings (SSSR count). The number of rotatable bonds is 22. The van der Waals surface area contributed by atoms with Gasteiger partial charge in [-0.2, -0.15) is 10.2 Å². The number of aliphatic carboxylic acids is 1. The van der Waals surface area contributed by atoms with Crippen molar-refractivity contribution in [2.24, 2.45) is 51.8 Å². The number of aromatic nitrogens is 6. The molecule has 10 atom stereocenters. The van der Waals surface area contributed by atoms with Crippen LogP contribution in [0.4, 0.5) is 8.78 Å². The first-order chi connectivity index (χ1) is 31.3. The lowest BCUT2D eigenvalue weighted by Crippen LogP contribution is -2.55. The largest absolute Gasteiger partial charge is 0.481 e. The van der Waals surface area contributed by atoms with Gasteiger partial charge in [-0.25, -0.2) is 32.7 Å². The molecule has 0 saturated heterocycles. The number of allylic oxidation sites excluding steroid dienone is 1. The Morgan fingerprint density at radius 3 is 2.29 bits per heavy atom. The molecule has 1 aromatic carbocycles. The summed E-state index contributed by atoms with van der Waals surface area (Å²) in [4.78, 5) is 32.5. The molecule has 3 aromatic rings. The third-order valence-corrected chi connectivity index (χ3v) is 18.5. The number of hydrogen-bond acceptors (Lipinski definition) is 11. The Bertz CT molecular complexity index is 2170. The zero-order valence-corrected chi connectivity index (χ0v) is 40.8. The summed E-state index contributed by atoms with van der Waals surface area (Å²) in [7, 11) is -4.59. The van der Waals surface area contributed by atoms with E-state index in [0.717, 1.165) is 31.4 Å². The smallest absolute Gasteiger partial charge is 0.475 e. The van der Waals surface area contributed by atoms with Gasteiger partial charge in [-0.15, -0.1) is 0 Å². The molecular formula is C49H71F2N6O8P. The molecule has 2 unspecified atom stereocenters. The number of carboxylic acids is 1. The van der Waals surface area contributed by atoms with Gasteiger partial charge in [0.05, 0.1) is 39.1 Å². The monoisotopic (exact) mass is 941 g/mol. The minimum absolute atomic E-state index is 0.0759. The van der Waals surface area contributed by atoms with Gasteiger partial charge in [0.1, 0.15) is 48.6 Å². The molecule has 0 amide bonds. The van der Waals surface area contributed by atoms with Crippen LogP contribution in [0.15, 0.2) is 55.2 Å². The molecule has 3 saturated carbocycles. The lowest BCUT2D eigenvalue weighted by atomic mass is 9.43. The third-order valence-electron chi connectivity index (χ3n) is 16.9. The summed E-state index contributed by atoms with van der Waals surface area (Å²) in [6, 6.07) is 3.06. The highest BCUT2D eigenvalue weighted by Crippen LogP contribution is 2.72. The first kappa shape index (κ1) is 50.0. The summed E-state index contributed by atoms with van der Waals surface area (Å²) in [6.45, 7) is 15.6. The van der Waals surface area contributed by atoms with Crippen LogP contribution in [-0.2, 0) is 51.2 Å². The summed E-state index contributed by atoms with van der Waals surface area (Å²) in [5.74, 6) is -0.739. The van der Waals surface area contributed by atoms with Crippen LogP contribution in [0.1, 0.15) is 138 Å². The first-order valence-corrected chi connectivity index (χ1v) is 25.6. The van der Waals surface area contributed by atoms with Gasteiger partial charge in [0.25, 0.3) is 0 Å². The van der Waals surface area contributed by atoms with Gasteiger partial charge in [-0.1, -0.05) is 78.5 Å². The fourth-order valence-corrected chi connectivity index (χ4v) is 14.7. The molecule has 14 nitrogen and oxygen atoms in total. The van der Waals surface area contributed by atoms with Crippen molar-refractivity contribution in [2.45, 2.75) is 157 Å². The molecule has 0 aliphatic heterocycles. The van der Waals surface area contributed by atoms with E-state index in [1.165, 1.54) is 78.4 Å². The van der Waals surface area contributed by atoms with Crippen LogP contribution >= 0.6 is 7.82 Å². The Morgan fingerprint density at radius 2 is 1.67 bits per heavy atom. The molecule has 0 spiro atoms. The molecule has 1 N–H and O–H groups in total. The molecule has 2 aromatic heterocycles. The number of fused-ring (bicyclic) bond motifs is 5. The summed E-state index contributed by atoms with van der Waals surface area (Å²) in [6.07, 6.45) is 17.6. The Morgan fingerprint density at radius 1 is 0.970 bits per heavy atom. The first-order valence-electron chi connectivity index (χ1n) is 24.2. The third kappa shape index (κ3) is 10.3. The SMILES string of the molecule is CCOP(=O)(OCCC1C[C@H](OC(=O)CCC(=O)O)CC2=CC[C@@H]3[C@@H]4CC[C@](C)([C@H](C)CCCC(C)C)[C@@]4(C)CC[C@@H]3[C@]21C)OC(Cn1cncn1)(Cn1cncn1)c1ccc(F)cc1F. The van der Waals surface area contributed by atoms with Crippen molar-refractivity contribution in [3.05, 3.63) is 72.4 Å². The molecular weight excluding hydrogens is 870 g/mol. The number of phosphoric ester groups is 1. The predicted molar refractivity (Wildman–Crippen MR) is 242 cm³/mol. The van der Waals surface area contributed by atoms with E-state index in [4.69, 9.17) is 18.3 Å². The number of benzene rings is 1. The highest BCUT2D eigenvalue weighted by molar-refractivity contribution is 7.48. The minimum atomic E-state index is -4.59. The van der Waals surface area contributed by atoms with Crippen molar-refractivity contribution in [3.8, 4) is 0 Å². The summed E-state index contributed by atoms with van der Waals surface area (Å²) >= 11 is 0. The molecule has 17 heteroatoms. The number of carbonyl (C=O) groups excluding carboxylic acids is 1. The Kier molecular flexibility index (Phi) is 15.5. The topological polar surface area (TPSA) is 170 Å². The van der Waals surface area contributed by atoms with Crippen molar-refractivity contribution in [3.63, 3.8) is 0 Å². The van der Waals surface area contributed by atoms with Gasteiger partial charge >= 0.3 is 19.8 Å². The Labute approximate surface area is 388 Å². The maximum Gasteiger partial charge on any atom is 0.475 e. The van der Waals surface area contributed by atoms with E-state index in [2.05, 4.69) is 67.8 Å².